The molecule has 0 radical (unpaired) electrons. The van der Waals surface area contributed by atoms with Crippen molar-refractivity contribution in [3.63, 3.8) is 0 Å². The molecular weight excluding hydrogens is 300 g/mol. The Kier molecular flexibility index (Phi) is 16.4. The Balaban J connectivity index is 3.34. The molecule has 0 aromatic rings. The number of carbonyl (C=O) groups is 2. The minimum absolute atomic E-state index is 0.0237. The van der Waals surface area contributed by atoms with Gasteiger partial charge in [0.2, 0.25) is 0 Å². The molecule has 6 heteroatoms. The Bertz CT molecular complexity index is 293. The number of ether oxygens (including phenoxy) is 3. The minimum atomic E-state index is -0.439. The summed E-state index contributed by atoms with van der Waals surface area (Å²) in [7, 11) is 0. The summed E-state index contributed by atoms with van der Waals surface area (Å²) < 4.78 is 14.9. The Morgan fingerprint density at radius 3 is 1.91 bits per heavy atom. The first-order chi connectivity index (χ1) is 11.2. The highest BCUT2D eigenvalue weighted by molar-refractivity contribution is 5.77. The van der Waals surface area contributed by atoms with Crippen LogP contribution >= 0.6 is 0 Å². The van der Waals surface area contributed by atoms with Crippen LogP contribution in [-0.4, -0.2) is 50.1 Å². The molecule has 0 fully saturated rings. The summed E-state index contributed by atoms with van der Waals surface area (Å²) in [6.45, 7) is 3.17. The first-order valence-corrected chi connectivity index (χ1v) is 8.70. The predicted octanol–water partition coefficient (Wildman–Crippen LogP) is 2.61. The largest absolute Gasteiger partial charge is 0.466 e. The van der Waals surface area contributed by atoms with Crippen LogP contribution in [0.2, 0.25) is 0 Å². The van der Waals surface area contributed by atoms with Crippen molar-refractivity contribution in [2.24, 2.45) is 0 Å². The second kappa shape index (κ2) is 17.2. The van der Waals surface area contributed by atoms with Crippen molar-refractivity contribution in [2.45, 2.75) is 64.7 Å². The number of aliphatic hydroxyl groups excluding tert-OH is 1. The van der Waals surface area contributed by atoms with Crippen molar-refractivity contribution in [2.75, 3.05) is 33.0 Å². The average molecular weight is 332 g/mol. The molecule has 0 aromatic carbocycles. The molecule has 0 amide bonds. The molecule has 0 aliphatic carbocycles. The SMILES string of the molecule is CCCCCCCCCOC(=O)CCC(=O)OCCOCCO. The summed E-state index contributed by atoms with van der Waals surface area (Å²) in [6, 6.07) is 0. The van der Waals surface area contributed by atoms with Crippen LogP contribution in [0, 0.1) is 0 Å². The molecule has 0 aliphatic rings. The second-order valence-electron chi connectivity index (χ2n) is 5.40. The number of esters is 2. The normalized spacial score (nSPS) is 10.5. The van der Waals surface area contributed by atoms with Gasteiger partial charge in [0.1, 0.15) is 6.61 Å². The molecule has 0 aliphatic heterocycles. The number of unbranched alkanes of at least 4 members (excludes halogenated alkanes) is 6. The van der Waals surface area contributed by atoms with Crippen LogP contribution in [0.5, 0.6) is 0 Å². The van der Waals surface area contributed by atoms with Crippen molar-refractivity contribution < 1.29 is 28.9 Å². The third-order valence-electron chi connectivity index (χ3n) is 3.27. The van der Waals surface area contributed by atoms with Crippen LogP contribution < -0.4 is 0 Å². The van der Waals surface area contributed by atoms with Crippen molar-refractivity contribution >= 4 is 11.9 Å². The predicted molar refractivity (Wildman–Crippen MR) is 87.0 cm³/mol. The van der Waals surface area contributed by atoms with E-state index in [9.17, 15) is 9.59 Å². The summed E-state index contributed by atoms with van der Waals surface area (Å²) in [5.41, 5.74) is 0. The Morgan fingerprint density at radius 1 is 0.739 bits per heavy atom. The fourth-order valence-electron chi connectivity index (χ4n) is 1.97. The average Bonchev–Trinajstić information content (AvgIpc) is 2.55. The highest BCUT2D eigenvalue weighted by Crippen LogP contribution is 2.07. The van der Waals surface area contributed by atoms with Crippen molar-refractivity contribution in [3.8, 4) is 0 Å². The van der Waals surface area contributed by atoms with E-state index < -0.39 is 5.97 Å². The molecule has 23 heavy (non-hydrogen) atoms. The van der Waals surface area contributed by atoms with E-state index in [1.54, 1.807) is 0 Å². The molecule has 0 saturated carbocycles. The van der Waals surface area contributed by atoms with Gasteiger partial charge in [0.25, 0.3) is 0 Å². The van der Waals surface area contributed by atoms with E-state index in [2.05, 4.69) is 6.92 Å². The van der Waals surface area contributed by atoms with Gasteiger partial charge in [0.15, 0.2) is 0 Å². The van der Waals surface area contributed by atoms with Crippen LogP contribution in [0.1, 0.15) is 64.7 Å². The van der Waals surface area contributed by atoms with Crippen LogP contribution in [0.15, 0.2) is 0 Å². The zero-order chi connectivity index (χ0) is 17.2. The fraction of sp³-hybridized carbons (Fsp3) is 0.882. The molecule has 0 heterocycles. The van der Waals surface area contributed by atoms with Crippen LogP contribution in [0.3, 0.4) is 0 Å². The fourth-order valence-corrected chi connectivity index (χ4v) is 1.97. The van der Waals surface area contributed by atoms with Crippen LogP contribution in [0.4, 0.5) is 0 Å². The van der Waals surface area contributed by atoms with Gasteiger partial charge in [-0.2, -0.15) is 0 Å². The first kappa shape index (κ1) is 21.9. The molecule has 1 N–H and O–H groups in total. The van der Waals surface area contributed by atoms with E-state index in [0.29, 0.717) is 6.61 Å². The van der Waals surface area contributed by atoms with E-state index in [1.807, 2.05) is 0 Å². The van der Waals surface area contributed by atoms with Crippen LogP contribution in [-0.2, 0) is 23.8 Å². The maximum atomic E-state index is 11.5. The van der Waals surface area contributed by atoms with E-state index in [-0.39, 0.29) is 45.2 Å². The van der Waals surface area contributed by atoms with E-state index >= 15 is 0 Å². The monoisotopic (exact) mass is 332 g/mol. The number of carbonyl (C=O) groups excluding carboxylic acids is 2. The van der Waals surface area contributed by atoms with E-state index in [1.165, 1.54) is 32.1 Å². The third-order valence-corrected chi connectivity index (χ3v) is 3.27. The summed E-state index contributed by atoms with van der Waals surface area (Å²) in [4.78, 5) is 22.8. The van der Waals surface area contributed by atoms with Gasteiger partial charge < -0.3 is 19.3 Å². The maximum Gasteiger partial charge on any atom is 0.306 e. The zero-order valence-corrected chi connectivity index (χ0v) is 14.4. The molecule has 0 bridgehead atoms. The van der Waals surface area contributed by atoms with Gasteiger partial charge in [0.05, 0.1) is 39.3 Å². The first-order valence-electron chi connectivity index (χ1n) is 8.70. The highest BCUT2D eigenvalue weighted by Gasteiger charge is 2.08. The van der Waals surface area contributed by atoms with Gasteiger partial charge in [-0.05, 0) is 6.42 Å². The lowest BCUT2D eigenvalue weighted by Crippen LogP contribution is -2.14. The van der Waals surface area contributed by atoms with Crippen molar-refractivity contribution in [3.05, 3.63) is 0 Å². The molecule has 0 spiro atoms. The lowest BCUT2D eigenvalue weighted by Gasteiger charge is -2.06. The summed E-state index contributed by atoms with van der Waals surface area (Å²) >= 11 is 0. The number of rotatable bonds is 16. The van der Waals surface area contributed by atoms with Gasteiger partial charge in [-0.25, -0.2) is 0 Å². The number of hydrogen-bond acceptors (Lipinski definition) is 6. The quantitative estimate of drug-likeness (QED) is 0.346. The van der Waals surface area contributed by atoms with Gasteiger partial charge in [0, 0.05) is 0 Å². The lowest BCUT2D eigenvalue weighted by atomic mass is 10.1. The Hall–Kier alpha value is -1.14. The van der Waals surface area contributed by atoms with Gasteiger partial charge in [-0.3, -0.25) is 9.59 Å². The lowest BCUT2D eigenvalue weighted by molar-refractivity contribution is -0.151. The van der Waals surface area contributed by atoms with Gasteiger partial charge in [-0.15, -0.1) is 0 Å². The smallest absolute Gasteiger partial charge is 0.306 e. The molecule has 0 aromatic heterocycles. The van der Waals surface area contributed by atoms with Gasteiger partial charge in [-0.1, -0.05) is 45.4 Å². The Morgan fingerprint density at radius 2 is 1.30 bits per heavy atom. The number of hydrogen-bond donors (Lipinski definition) is 1. The highest BCUT2D eigenvalue weighted by atomic mass is 16.6. The summed E-state index contributed by atoms with van der Waals surface area (Å²) in [5, 5.41) is 8.49. The molecular formula is C17H32O6. The molecule has 0 unspecified atom stereocenters. The Labute approximate surface area is 139 Å². The zero-order valence-electron chi connectivity index (χ0n) is 14.4. The maximum absolute atomic E-state index is 11.5. The molecule has 0 atom stereocenters. The topological polar surface area (TPSA) is 82.1 Å². The van der Waals surface area contributed by atoms with Crippen molar-refractivity contribution in [1.29, 1.82) is 0 Å². The standard InChI is InChI=1S/C17H32O6/c1-2-3-4-5-6-7-8-12-22-16(19)9-10-17(20)23-15-14-21-13-11-18/h18H,2-15H2,1H3. The van der Waals surface area contributed by atoms with E-state index in [0.717, 1.165) is 12.8 Å². The van der Waals surface area contributed by atoms with E-state index in [4.69, 9.17) is 19.3 Å². The summed E-state index contributed by atoms with van der Waals surface area (Å²) in [6.07, 6.45) is 8.27. The molecule has 6 nitrogen and oxygen atoms in total. The van der Waals surface area contributed by atoms with Crippen molar-refractivity contribution in [1.82, 2.24) is 0 Å². The molecule has 136 valence electrons. The molecule has 0 saturated heterocycles. The minimum Gasteiger partial charge on any atom is -0.466 e. The summed E-state index contributed by atoms with van der Waals surface area (Å²) in [5.74, 6) is -0.796. The molecule has 0 rings (SSSR count). The second-order valence-corrected chi connectivity index (χ2v) is 5.40. The van der Waals surface area contributed by atoms with Crippen LogP contribution in [0.25, 0.3) is 0 Å². The van der Waals surface area contributed by atoms with Gasteiger partial charge >= 0.3 is 11.9 Å². The number of aliphatic hydroxyl groups is 1. The third kappa shape index (κ3) is 17.1.